The minimum absolute atomic E-state index is 0.0944. The first-order valence-electron chi connectivity index (χ1n) is 34.7. The molecule has 0 bridgehead atoms. The van der Waals surface area contributed by atoms with Crippen molar-refractivity contribution in [2.24, 2.45) is 0 Å². The molecular formula is C77H128O6. The molecule has 0 aromatic carbocycles. The molecule has 6 nitrogen and oxygen atoms in total. The second-order valence-corrected chi connectivity index (χ2v) is 22.7. The fourth-order valence-corrected chi connectivity index (χ4v) is 9.43. The van der Waals surface area contributed by atoms with Gasteiger partial charge in [-0.1, -0.05) is 289 Å². The topological polar surface area (TPSA) is 78.9 Å². The summed E-state index contributed by atoms with van der Waals surface area (Å²) in [6.45, 7) is 6.48. The van der Waals surface area contributed by atoms with E-state index in [0.29, 0.717) is 19.3 Å². The highest BCUT2D eigenvalue weighted by Crippen LogP contribution is 2.16. The Kier molecular flexibility index (Phi) is 66.3. The zero-order valence-electron chi connectivity index (χ0n) is 54.2. The molecule has 1 unspecified atom stereocenters. The van der Waals surface area contributed by atoms with Gasteiger partial charge in [0, 0.05) is 19.3 Å². The Morgan fingerprint density at radius 3 is 0.759 bits per heavy atom. The van der Waals surface area contributed by atoms with Crippen molar-refractivity contribution in [2.45, 2.75) is 322 Å². The molecule has 0 aliphatic heterocycles. The molecule has 6 heteroatoms. The van der Waals surface area contributed by atoms with E-state index in [2.05, 4.69) is 154 Å². The molecule has 0 aliphatic rings. The van der Waals surface area contributed by atoms with Crippen molar-refractivity contribution < 1.29 is 28.6 Å². The molecule has 0 aliphatic carbocycles. The molecule has 0 saturated heterocycles. The molecule has 472 valence electrons. The number of allylic oxidation sites excluding steroid dienone is 22. The highest BCUT2D eigenvalue weighted by molar-refractivity contribution is 5.71. The Bertz CT molecular complexity index is 1750. The van der Waals surface area contributed by atoms with Gasteiger partial charge in [0.2, 0.25) is 0 Å². The number of esters is 3. The second kappa shape index (κ2) is 70.0. The van der Waals surface area contributed by atoms with Crippen LogP contribution in [0.3, 0.4) is 0 Å². The highest BCUT2D eigenvalue weighted by atomic mass is 16.6. The molecule has 1 atom stereocenters. The number of ether oxygens (including phenoxy) is 3. The number of carbonyl (C=O) groups is 3. The first kappa shape index (κ1) is 78.5. The van der Waals surface area contributed by atoms with Crippen LogP contribution in [0.2, 0.25) is 0 Å². The van der Waals surface area contributed by atoms with Crippen molar-refractivity contribution >= 4 is 17.9 Å². The van der Waals surface area contributed by atoms with E-state index in [1.807, 2.05) is 0 Å². The summed E-state index contributed by atoms with van der Waals surface area (Å²) in [5.41, 5.74) is 0. The average Bonchev–Trinajstić information content (AvgIpc) is 3.50. The van der Waals surface area contributed by atoms with Crippen LogP contribution >= 0.6 is 0 Å². The number of hydrogen-bond acceptors (Lipinski definition) is 6. The predicted octanol–water partition coefficient (Wildman–Crippen LogP) is 24.1. The van der Waals surface area contributed by atoms with Crippen LogP contribution in [0, 0.1) is 0 Å². The summed E-state index contributed by atoms with van der Waals surface area (Å²) in [6, 6.07) is 0. The third-order valence-electron chi connectivity index (χ3n) is 14.6. The van der Waals surface area contributed by atoms with E-state index in [1.165, 1.54) is 141 Å². The summed E-state index contributed by atoms with van der Waals surface area (Å²) in [4.78, 5) is 38.5. The van der Waals surface area contributed by atoms with E-state index in [1.54, 1.807) is 0 Å². The van der Waals surface area contributed by atoms with E-state index < -0.39 is 6.10 Å². The summed E-state index contributed by atoms with van der Waals surface area (Å²) in [5, 5.41) is 0. The van der Waals surface area contributed by atoms with Gasteiger partial charge >= 0.3 is 17.9 Å². The van der Waals surface area contributed by atoms with Crippen molar-refractivity contribution in [2.75, 3.05) is 13.2 Å². The van der Waals surface area contributed by atoms with Gasteiger partial charge < -0.3 is 14.2 Å². The standard InChI is InChI=1S/C77H128O6/c1-4-7-10-13-16-19-22-25-28-31-34-36-37-38-39-41-43-46-49-52-55-58-61-64-67-70-76(79)82-73-74(72-81-75(78)69-66-63-60-57-54-51-48-45-42-33-30-27-24-21-18-15-12-9-6-3)83-77(80)71-68-65-62-59-56-53-50-47-44-40-35-32-29-26-23-20-17-14-11-8-5-2/h7,10,16,18-19,21,23,25-28,30,32,34-36,38-39,42-43,45-46,74H,4-6,8-9,11-15,17,20,22,24,29,31,33,37,40-41,44,47-73H2,1-3H3/b10-7-,19-16-,21-18-,26-23-,28-25-,30-27-,35-32-,36-34-,39-38-,45-42-,46-43-. The molecule has 0 N–H and O–H groups in total. The minimum Gasteiger partial charge on any atom is -0.462 e. The fraction of sp³-hybridized carbons (Fsp3) is 0.675. The van der Waals surface area contributed by atoms with Gasteiger partial charge in [-0.15, -0.1) is 0 Å². The van der Waals surface area contributed by atoms with Crippen LogP contribution in [-0.2, 0) is 28.6 Å². The van der Waals surface area contributed by atoms with Gasteiger partial charge in [0.1, 0.15) is 13.2 Å². The lowest BCUT2D eigenvalue weighted by atomic mass is 10.1. The summed E-state index contributed by atoms with van der Waals surface area (Å²) in [7, 11) is 0. The van der Waals surface area contributed by atoms with Crippen molar-refractivity contribution in [3.8, 4) is 0 Å². The molecule has 0 fully saturated rings. The predicted molar refractivity (Wildman–Crippen MR) is 362 cm³/mol. The van der Waals surface area contributed by atoms with Crippen LogP contribution < -0.4 is 0 Å². The van der Waals surface area contributed by atoms with E-state index in [9.17, 15) is 14.4 Å². The summed E-state index contributed by atoms with van der Waals surface area (Å²) < 4.78 is 17.0. The van der Waals surface area contributed by atoms with E-state index in [0.717, 1.165) is 135 Å². The number of unbranched alkanes of at least 4 members (excludes halogenated alkanes) is 29. The minimum atomic E-state index is -0.800. The molecule has 0 radical (unpaired) electrons. The van der Waals surface area contributed by atoms with Crippen molar-refractivity contribution in [3.05, 3.63) is 134 Å². The Morgan fingerprint density at radius 1 is 0.253 bits per heavy atom. The first-order chi connectivity index (χ1) is 41.0. The maximum atomic E-state index is 13.0. The van der Waals surface area contributed by atoms with Crippen LogP contribution in [0.4, 0.5) is 0 Å². The van der Waals surface area contributed by atoms with E-state index in [4.69, 9.17) is 14.2 Å². The number of rotatable bonds is 62. The molecule has 0 saturated carbocycles. The van der Waals surface area contributed by atoms with Gasteiger partial charge in [0.05, 0.1) is 0 Å². The van der Waals surface area contributed by atoms with E-state index in [-0.39, 0.29) is 31.1 Å². The average molecular weight is 1150 g/mol. The third-order valence-corrected chi connectivity index (χ3v) is 14.6. The van der Waals surface area contributed by atoms with Gasteiger partial charge in [-0.25, -0.2) is 0 Å². The Hall–Kier alpha value is -4.45. The molecule has 0 aromatic rings. The smallest absolute Gasteiger partial charge is 0.306 e. The monoisotopic (exact) mass is 1150 g/mol. The Morgan fingerprint density at radius 2 is 0.470 bits per heavy atom. The largest absolute Gasteiger partial charge is 0.462 e. The summed E-state index contributed by atoms with van der Waals surface area (Å²) >= 11 is 0. The molecule has 0 spiro atoms. The lowest BCUT2D eigenvalue weighted by molar-refractivity contribution is -0.167. The SMILES string of the molecule is CC/C=C\C/C=C\C/C=C\C/C=C\C/C=C\C/C=C\CCCCCCCCC(=O)OCC(COC(=O)CCCCCCCC/C=C\C/C=C\C/C=C\CCCCC)OC(=O)CCCCCCCCCCC/C=C\C/C=C\CCCCCCC. The van der Waals surface area contributed by atoms with Crippen LogP contribution in [0.1, 0.15) is 316 Å². The van der Waals surface area contributed by atoms with Gasteiger partial charge in [0.25, 0.3) is 0 Å². The summed E-state index contributed by atoms with van der Waals surface area (Å²) in [6.07, 6.45) is 98.8. The first-order valence-corrected chi connectivity index (χ1v) is 34.7. The quantitative estimate of drug-likeness (QED) is 0.0261. The molecular weight excluding hydrogens is 1020 g/mol. The van der Waals surface area contributed by atoms with Crippen molar-refractivity contribution in [1.82, 2.24) is 0 Å². The lowest BCUT2D eigenvalue weighted by Gasteiger charge is -2.18. The molecule has 0 heterocycles. The van der Waals surface area contributed by atoms with Gasteiger partial charge in [0.15, 0.2) is 6.10 Å². The normalized spacial score (nSPS) is 13.0. The maximum Gasteiger partial charge on any atom is 0.306 e. The Balaban J connectivity index is 4.46. The van der Waals surface area contributed by atoms with Gasteiger partial charge in [-0.2, -0.15) is 0 Å². The van der Waals surface area contributed by atoms with Gasteiger partial charge in [-0.05, 0) is 141 Å². The van der Waals surface area contributed by atoms with Crippen molar-refractivity contribution in [1.29, 1.82) is 0 Å². The van der Waals surface area contributed by atoms with Gasteiger partial charge in [-0.3, -0.25) is 14.4 Å². The van der Waals surface area contributed by atoms with E-state index >= 15 is 0 Å². The fourth-order valence-electron chi connectivity index (χ4n) is 9.43. The lowest BCUT2D eigenvalue weighted by Crippen LogP contribution is -2.30. The van der Waals surface area contributed by atoms with Crippen LogP contribution in [-0.4, -0.2) is 37.2 Å². The van der Waals surface area contributed by atoms with Crippen molar-refractivity contribution in [3.63, 3.8) is 0 Å². The third kappa shape index (κ3) is 68.2. The van der Waals surface area contributed by atoms with Crippen LogP contribution in [0.25, 0.3) is 0 Å². The Labute approximate surface area is 513 Å². The van der Waals surface area contributed by atoms with Crippen LogP contribution in [0.5, 0.6) is 0 Å². The summed E-state index contributed by atoms with van der Waals surface area (Å²) in [5.74, 6) is -0.917. The highest BCUT2D eigenvalue weighted by Gasteiger charge is 2.19. The second-order valence-electron chi connectivity index (χ2n) is 22.7. The molecule has 0 amide bonds. The maximum absolute atomic E-state index is 13.0. The zero-order valence-corrected chi connectivity index (χ0v) is 54.2. The van der Waals surface area contributed by atoms with Crippen LogP contribution in [0.15, 0.2) is 134 Å². The zero-order chi connectivity index (χ0) is 59.9. The molecule has 0 aromatic heterocycles. The molecule has 83 heavy (non-hydrogen) atoms. The molecule has 0 rings (SSSR count). The number of carbonyl (C=O) groups excluding carboxylic acids is 3. The number of hydrogen-bond donors (Lipinski definition) is 0.